The van der Waals surface area contributed by atoms with Gasteiger partial charge in [0.2, 0.25) is 5.91 Å². The summed E-state index contributed by atoms with van der Waals surface area (Å²) in [5.74, 6) is -0.763. The Kier molecular flexibility index (Phi) is 6.99. The lowest BCUT2D eigenvalue weighted by Crippen LogP contribution is -2.36. The summed E-state index contributed by atoms with van der Waals surface area (Å²) in [6, 6.07) is 7.64. The molecule has 1 aromatic carbocycles. The standard InChI is InChI=1S/C22H25N3O4S/c1-4-6-10-29-22(28)17-13-30-20-19(17)21(27)24(14-23-20)12-18(26)25(5-2)16-9-7-8-15(3)11-16/h7-9,11,13-14H,4-6,10,12H2,1-3H3. The number of ether oxygens (including phenoxy) is 1. The van der Waals surface area contributed by atoms with Gasteiger partial charge in [-0.05, 0) is 38.0 Å². The lowest BCUT2D eigenvalue weighted by atomic mass is 10.2. The predicted molar refractivity (Wildman–Crippen MR) is 118 cm³/mol. The second-order valence-corrected chi connectivity index (χ2v) is 7.83. The fraction of sp³-hybridized carbons (Fsp3) is 0.364. The zero-order valence-corrected chi connectivity index (χ0v) is 18.2. The summed E-state index contributed by atoms with van der Waals surface area (Å²) in [6.45, 7) is 6.46. The van der Waals surface area contributed by atoms with Crippen LogP contribution in [0.4, 0.5) is 5.69 Å². The van der Waals surface area contributed by atoms with Crippen LogP contribution in [-0.2, 0) is 16.1 Å². The normalized spacial score (nSPS) is 10.9. The number of likely N-dealkylation sites (N-methyl/N-ethyl adjacent to an activating group) is 1. The van der Waals surface area contributed by atoms with Crippen molar-refractivity contribution in [2.45, 2.75) is 40.2 Å². The topological polar surface area (TPSA) is 81.5 Å². The Hall–Kier alpha value is -3.00. The van der Waals surface area contributed by atoms with E-state index in [1.807, 2.05) is 45.0 Å². The van der Waals surface area contributed by atoms with Gasteiger partial charge in [0.05, 0.1) is 23.9 Å². The lowest BCUT2D eigenvalue weighted by Gasteiger charge is -2.22. The van der Waals surface area contributed by atoms with Crippen LogP contribution in [0.5, 0.6) is 0 Å². The van der Waals surface area contributed by atoms with Crippen molar-refractivity contribution in [2.75, 3.05) is 18.1 Å². The van der Waals surface area contributed by atoms with Gasteiger partial charge in [-0.1, -0.05) is 25.5 Å². The van der Waals surface area contributed by atoms with E-state index in [2.05, 4.69) is 4.98 Å². The first-order valence-corrected chi connectivity index (χ1v) is 10.8. The molecule has 0 aliphatic carbocycles. The Morgan fingerprint density at radius 3 is 2.77 bits per heavy atom. The lowest BCUT2D eigenvalue weighted by molar-refractivity contribution is -0.119. The van der Waals surface area contributed by atoms with Crippen LogP contribution in [0.15, 0.2) is 40.8 Å². The minimum atomic E-state index is -0.535. The minimum absolute atomic E-state index is 0.163. The van der Waals surface area contributed by atoms with Gasteiger partial charge in [-0.2, -0.15) is 0 Å². The molecule has 0 spiro atoms. The molecule has 0 radical (unpaired) electrons. The molecule has 0 unspecified atom stereocenters. The number of nitrogens with zero attached hydrogens (tertiary/aromatic N) is 3. The summed E-state index contributed by atoms with van der Waals surface area (Å²) < 4.78 is 6.50. The number of hydrogen-bond donors (Lipinski definition) is 0. The fourth-order valence-corrected chi connectivity index (χ4v) is 4.01. The van der Waals surface area contributed by atoms with Crippen molar-refractivity contribution in [3.63, 3.8) is 0 Å². The third kappa shape index (κ3) is 4.59. The number of amides is 1. The van der Waals surface area contributed by atoms with E-state index in [1.54, 1.807) is 10.3 Å². The average molecular weight is 428 g/mol. The number of hydrogen-bond acceptors (Lipinski definition) is 6. The van der Waals surface area contributed by atoms with Crippen LogP contribution in [0.1, 0.15) is 42.6 Å². The van der Waals surface area contributed by atoms with E-state index >= 15 is 0 Å². The molecule has 0 N–H and O–H groups in total. The summed E-state index contributed by atoms with van der Waals surface area (Å²) in [4.78, 5) is 44.7. The number of benzene rings is 1. The molecule has 30 heavy (non-hydrogen) atoms. The number of fused-ring (bicyclic) bond motifs is 1. The first-order valence-electron chi connectivity index (χ1n) is 9.97. The Balaban J connectivity index is 1.88. The predicted octanol–water partition coefficient (Wildman–Crippen LogP) is 3.78. The summed E-state index contributed by atoms with van der Waals surface area (Å²) >= 11 is 1.21. The van der Waals surface area contributed by atoms with Gasteiger partial charge in [-0.25, -0.2) is 9.78 Å². The Morgan fingerprint density at radius 1 is 1.27 bits per heavy atom. The highest BCUT2D eigenvalue weighted by Gasteiger charge is 2.21. The van der Waals surface area contributed by atoms with Crippen molar-refractivity contribution < 1.29 is 14.3 Å². The number of aryl methyl sites for hydroxylation is 1. The van der Waals surface area contributed by atoms with Gasteiger partial charge in [0, 0.05) is 17.6 Å². The minimum Gasteiger partial charge on any atom is -0.462 e. The Morgan fingerprint density at radius 2 is 2.07 bits per heavy atom. The Labute approximate surface area is 178 Å². The number of aromatic nitrogens is 2. The van der Waals surface area contributed by atoms with Crippen LogP contribution in [0.3, 0.4) is 0 Å². The maximum absolute atomic E-state index is 13.0. The van der Waals surface area contributed by atoms with Crippen LogP contribution in [-0.4, -0.2) is 34.6 Å². The second kappa shape index (κ2) is 9.67. The summed E-state index contributed by atoms with van der Waals surface area (Å²) in [7, 11) is 0. The molecule has 3 rings (SSSR count). The number of esters is 1. The van der Waals surface area contributed by atoms with Crippen LogP contribution in [0.25, 0.3) is 10.2 Å². The van der Waals surface area contributed by atoms with Gasteiger partial charge in [0.15, 0.2) is 0 Å². The SMILES string of the molecule is CCCCOC(=O)c1csc2ncn(CC(=O)N(CC)c3cccc(C)c3)c(=O)c12. The van der Waals surface area contributed by atoms with E-state index < -0.39 is 11.5 Å². The molecule has 0 aliphatic heterocycles. The Bertz CT molecular complexity index is 1120. The maximum Gasteiger partial charge on any atom is 0.339 e. The smallest absolute Gasteiger partial charge is 0.339 e. The maximum atomic E-state index is 13.0. The number of unbranched alkanes of at least 4 members (excludes halogenated alkanes) is 1. The number of thiophene rings is 1. The van der Waals surface area contributed by atoms with Gasteiger partial charge in [-0.3, -0.25) is 14.2 Å². The molecule has 0 saturated carbocycles. The zero-order valence-electron chi connectivity index (χ0n) is 17.4. The molecule has 8 heteroatoms. The van der Waals surface area contributed by atoms with Gasteiger partial charge < -0.3 is 9.64 Å². The van der Waals surface area contributed by atoms with E-state index in [1.165, 1.54) is 22.2 Å². The third-order valence-corrected chi connectivity index (χ3v) is 5.63. The number of anilines is 1. The molecular formula is C22H25N3O4S. The number of rotatable bonds is 8. The molecule has 0 bridgehead atoms. The molecule has 3 aromatic rings. The van der Waals surface area contributed by atoms with Crippen molar-refractivity contribution in [1.82, 2.24) is 9.55 Å². The number of carbonyl (C=O) groups excluding carboxylic acids is 2. The zero-order chi connectivity index (χ0) is 21.7. The molecule has 0 fully saturated rings. The molecule has 158 valence electrons. The molecule has 0 saturated heterocycles. The van der Waals surface area contributed by atoms with E-state index in [0.29, 0.717) is 18.0 Å². The van der Waals surface area contributed by atoms with Gasteiger partial charge >= 0.3 is 5.97 Å². The number of carbonyl (C=O) groups is 2. The quantitative estimate of drug-likeness (QED) is 0.404. The van der Waals surface area contributed by atoms with Crippen LogP contribution in [0, 0.1) is 6.92 Å². The molecule has 2 heterocycles. The summed E-state index contributed by atoms with van der Waals surface area (Å²) in [5.41, 5.74) is 1.61. The van der Waals surface area contributed by atoms with E-state index in [0.717, 1.165) is 24.1 Å². The van der Waals surface area contributed by atoms with Crippen molar-refractivity contribution in [3.8, 4) is 0 Å². The van der Waals surface area contributed by atoms with E-state index in [9.17, 15) is 14.4 Å². The highest BCUT2D eigenvalue weighted by molar-refractivity contribution is 7.17. The van der Waals surface area contributed by atoms with Crippen LogP contribution in [0.2, 0.25) is 0 Å². The monoisotopic (exact) mass is 427 g/mol. The van der Waals surface area contributed by atoms with Crippen molar-refractivity contribution >= 4 is 39.1 Å². The van der Waals surface area contributed by atoms with Gasteiger partial charge in [0.1, 0.15) is 11.4 Å². The van der Waals surface area contributed by atoms with Crippen LogP contribution < -0.4 is 10.5 Å². The van der Waals surface area contributed by atoms with Crippen LogP contribution >= 0.6 is 11.3 Å². The fourth-order valence-electron chi connectivity index (χ4n) is 3.15. The van der Waals surface area contributed by atoms with Crippen molar-refractivity contribution in [3.05, 3.63) is 57.5 Å². The molecule has 2 aromatic heterocycles. The largest absolute Gasteiger partial charge is 0.462 e. The molecule has 1 amide bonds. The highest BCUT2D eigenvalue weighted by Crippen LogP contribution is 2.22. The molecule has 0 aliphatic rings. The highest BCUT2D eigenvalue weighted by atomic mass is 32.1. The van der Waals surface area contributed by atoms with E-state index in [-0.39, 0.29) is 23.4 Å². The van der Waals surface area contributed by atoms with Gasteiger partial charge in [-0.15, -0.1) is 11.3 Å². The molecular weight excluding hydrogens is 402 g/mol. The molecule has 7 nitrogen and oxygen atoms in total. The second-order valence-electron chi connectivity index (χ2n) is 6.97. The van der Waals surface area contributed by atoms with E-state index in [4.69, 9.17) is 4.74 Å². The summed E-state index contributed by atoms with van der Waals surface area (Å²) in [6.07, 6.45) is 3.02. The van der Waals surface area contributed by atoms with Crippen molar-refractivity contribution in [1.29, 1.82) is 0 Å². The van der Waals surface area contributed by atoms with Gasteiger partial charge in [0.25, 0.3) is 5.56 Å². The third-order valence-electron chi connectivity index (χ3n) is 4.75. The first-order chi connectivity index (χ1) is 14.5. The summed E-state index contributed by atoms with van der Waals surface area (Å²) in [5, 5.41) is 1.79. The first kappa shape index (κ1) is 21.7. The molecule has 0 atom stereocenters. The van der Waals surface area contributed by atoms with Crippen molar-refractivity contribution in [2.24, 2.45) is 0 Å². The average Bonchev–Trinajstić information content (AvgIpc) is 3.16.